The Labute approximate surface area is 127 Å². The SMILES string of the molecule is Cc1ccc(C(=O)N(C)Cc2cc(C(=O)O)c(C)o2)c(O)c1. The number of carbonyl (C=O) groups excluding carboxylic acids is 1. The van der Waals surface area contributed by atoms with Gasteiger partial charge in [-0.25, -0.2) is 4.79 Å². The van der Waals surface area contributed by atoms with E-state index in [1.807, 2.05) is 6.92 Å². The largest absolute Gasteiger partial charge is 0.507 e. The van der Waals surface area contributed by atoms with E-state index in [0.29, 0.717) is 11.5 Å². The average Bonchev–Trinajstić information content (AvgIpc) is 2.79. The second-order valence-corrected chi connectivity index (χ2v) is 5.17. The summed E-state index contributed by atoms with van der Waals surface area (Å²) in [5, 5.41) is 18.8. The number of aromatic hydroxyl groups is 1. The van der Waals surface area contributed by atoms with Gasteiger partial charge in [-0.1, -0.05) is 6.07 Å². The minimum absolute atomic E-state index is 0.0778. The smallest absolute Gasteiger partial charge is 0.339 e. The van der Waals surface area contributed by atoms with E-state index < -0.39 is 5.97 Å². The lowest BCUT2D eigenvalue weighted by Gasteiger charge is -2.16. The van der Waals surface area contributed by atoms with Crippen LogP contribution in [0.25, 0.3) is 0 Å². The summed E-state index contributed by atoms with van der Waals surface area (Å²) in [6, 6.07) is 6.21. The molecule has 22 heavy (non-hydrogen) atoms. The maximum Gasteiger partial charge on any atom is 0.339 e. The lowest BCUT2D eigenvalue weighted by Crippen LogP contribution is -2.26. The molecule has 1 aromatic heterocycles. The summed E-state index contributed by atoms with van der Waals surface area (Å²) in [6.07, 6.45) is 0. The van der Waals surface area contributed by atoms with Gasteiger partial charge in [0.05, 0.1) is 12.1 Å². The van der Waals surface area contributed by atoms with Gasteiger partial charge >= 0.3 is 5.97 Å². The molecule has 0 saturated carbocycles. The molecule has 0 atom stereocenters. The molecule has 0 fully saturated rings. The Kier molecular flexibility index (Phi) is 4.21. The molecule has 1 amide bonds. The van der Waals surface area contributed by atoms with E-state index in [1.54, 1.807) is 26.1 Å². The summed E-state index contributed by atoms with van der Waals surface area (Å²) in [6.45, 7) is 3.48. The Morgan fingerprint density at radius 2 is 1.86 bits per heavy atom. The van der Waals surface area contributed by atoms with Gasteiger partial charge < -0.3 is 19.5 Å². The highest BCUT2D eigenvalue weighted by Gasteiger charge is 2.19. The Balaban J connectivity index is 2.18. The van der Waals surface area contributed by atoms with Crippen LogP contribution in [-0.2, 0) is 6.54 Å². The number of furan rings is 1. The van der Waals surface area contributed by atoms with Crippen molar-refractivity contribution >= 4 is 11.9 Å². The molecule has 2 rings (SSSR count). The minimum atomic E-state index is -1.07. The topological polar surface area (TPSA) is 91.0 Å². The molecule has 0 bridgehead atoms. The van der Waals surface area contributed by atoms with Crippen LogP contribution in [0.1, 0.15) is 37.8 Å². The minimum Gasteiger partial charge on any atom is -0.507 e. The third kappa shape index (κ3) is 3.11. The fourth-order valence-corrected chi connectivity index (χ4v) is 2.17. The van der Waals surface area contributed by atoms with Crippen molar-refractivity contribution in [2.45, 2.75) is 20.4 Å². The molecule has 0 spiro atoms. The zero-order chi connectivity index (χ0) is 16.4. The summed E-state index contributed by atoms with van der Waals surface area (Å²) in [4.78, 5) is 24.6. The van der Waals surface area contributed by atoms with E-state index in [2.05, 4.69) is 0 Å². The normalized spacial score (nSPS) is 10.5. The van der Waals surface area contributed by atoms with Crippen molar-refractivity contribution in [1.29, 1.82) is 0 Å². The molecular formula is C16H17NO5. The van der Waals surface area contributed by atoms with Crippen LogP contribution < -0.4 is 0 Å². The van der Waals surface area contributed by atoms with Crippen LogP contribution in [0, 0.1) is 13.8 Å². The van der Waals surface area contributed by atoms with Crippen LogP contribution in [-0.4, -0.2) is 34.0 Å². The second kappa shape index (κ2) is 5.93. The van der Waals surface area contributed by atoms with E-state index in [0.717, 1.165) is 5.56 Å². The fourth-order valence-electron chi connectivity index (χ4n) is 2.17. The third-order valence-corrected chi connectivity index (χ3v) is 3.32. The number of nitrogens with zero attached hydrogens (tertiary/aromatic N) is 1. The summed E-state index contributed by atoms with van der Waals surface area (Å²) in [7, 11) is 1.56. The fraction of sp³-hybridized carbons (Fsp3) is 0.250. The van der Waals surface area contributed by atoms with Crippen LogP contribution in [0.5, 0.6) is 5.75 Å². The van der Waals surface area contributed by atoms with Gasteiger partial charge in [0.2, 0.25) is 0 Å². The van der Waals surface area contributed by atoms with E-state index in [-0.39, 0.29) is 29.3 Å². The van der Waals surface area contributed by atoms with Crippen molar-refractivity contribution in [2.24, 2.45) is 0 Å². The van der Waals surface area contributed by atoms with E-state index in [9.17, 15) is 14.7 Å². The Morgan fingerprint density at radius 3 is 2.41 bits per heavy atom. The van der Waals surface area contributed by atoms with Gasteiger partial charge in [0.1, 0.15) is 22.8 Å². The lowest BCUT2D eigenvalue weighted by atomic mass is 10.1. The van der Waals surface area contributed by atoms with E-state index >= 15 is 0 Å². The first-order valence-corrected chi connectivity index (χ1v) is 6.67. The Bertz CT molecular complexity index is 732. The van der Waals surface area contributed by atoms with Gasteiger partial charge in [0.25, 0.3) is 5.91 Å². The van der Waals surface area contributed by atoms with Gasteiger partial charge in [-0.05, 0) is 37.6 Å². The monoisotopic (exact) mass is 303 g/mol. The number of phenolic OH excluding ortho intramolecular Hbond substituents is 1. The molecule has 0 aliphatic carbocycles. The summed E-state index contributed by atoms with van der Waals surface area (Å²) in [5.74, 6) is -0.862. The molecule has 0 unspecified atom stereocenters. The average molecular weight is 303 g/mol. The number of hydrogen-bond acceptors (Lipinski definition) is 4. The van der Waals surface area contributed by atoms with Crippen molar-refractivity contribution in [3.8, 4) is 5.75 Å². The second-order valence-electron chi connectivity index (χ2n) is 5.17. The first-order valence-electron chi connectivity index (χ1n) is 6.67. The number of aromatic carboxylic acids is 1. The molecule has 6 nitrogen and oxygen atoms in total. The van der Waals surface area contributed by atoms with Gasteiger partial charge in [-0.3, -0.25) is 4.79 Å². The maximum atomic E-state index is 12.3. The number of carboxylic acid groups (broad SMARTS) is 1. The zero-order valence-corrected chi connectivity index (χ0v) is 12.6. The number of rotatable bonds is 4. The van der Waals surface area contributed by atoms with Gasteiger partial charge in [0.15, 0.2) is 0 Å². The van der Waals surface area contributed by atoms with Crippen molar-refractivity contribution < 1.29 is 24.2 Å². The van der Waals surface area contributed by atoms with Gasteiger partial charge in [-0.2, -0.15) is 0 Å². The van der Waals surface area contributed by atoms with Crippen LogP contribution >= 0.6 is 0 Å². The lowest BCUT2D eigenvalue weighted by molar-refractivity contribution is 0.0694. The van der Waals surface area contributed by atoms with Crippen LogP contribution in [0.2, 0.25) is 0 Å². The van der Waals surface area contributed by atoms with E-state index in [1.165, 1.54) is 17.0 Å². The highest BCUT2D eigenvalue weighted by molar-refractivity contribution is 5.96. The number of aryl methyl sites for hydroxylation is 2. The number of benzene rings is 1. The summed E-state index contributed by atoms with van der Waals surface area (Å²) in [5.41, 5.74) is 1.12. The molecule has 6 heteroatoms. The number of carbonyl (C=O) groups is 2. The summed E-state index contributed by atoms with van der Waals surface area (Å²) >= 11 is 0. The highest BCUT2D eigenvalue weighted by atomic mass is 16.4. The number of carboxylic acids is 1. The van der Waals surface area contributed by atoms with Crippen molar-refractivity contribution in [2.75, 3.05) is 7.05 Å². The zero-order valence-electron chi connectivity index (χ0n) is 12.6. The molecule has 0 aliphatic heterocycles. The molecule has 116 valence electrons. The number of hydrogen-bond donors (Lipinski definition) is 2. The van der Waals surface area contributed by atoms with Crippen molar-refractivity contribution in [3.63, 3.8) is 0 Å². The number of phenols is 1. The molecule has 2 aromatic rings. The molecule has 0 saturated heterocycles. The maximum absolute atomic E-state index is 12.3. The van der Waals surface area contributed by atoms with E-state index in [4.69, 9.17) is 9.52 Å². The molecule has 0 aliphatic rings. The predicted octanol–water partition coefficient (Wildman–Crippen LogP) is 2.57. The first kappa shape index (κ1) is 15.6. The molecular weight excluding hydrogens is 286 g/mol. The van der Waals surface area contributed by atoms with Gasteiger partial charge in [0, 0.05) is 7.05 Å². The summed E-state index contributed by atoms with van der Waals surface area (Å²) < 4.78 is 5.34. The highest BCUT2D eigenvalue weighted by Crippen LogP contribution is 2.21. The van der Waals surface area contributed by atoms with Crippen molar-refractivity contribution in [3.05, 3.63) is 52.5 Å². The Morgan fingerprint density at radius 1 is 1.18 bits per heavy atom. The van der Waals surface area contributed by atoms with Crippen LogP contribution in [0.15, 0.2) is 28.7 Å². The quantitative estimate of drug-likeness (QED) is 0.905. The molecule has 1 heterocycles. The third-order valence-electron chi connectivity index (χ3n) is 3.32. The first-order chi connectivity index (χ1) is 10.3. The van der Waals surface area contributed by atoms with Crippen LogP contribution in [0.4, 0.5) is 0 Å². The van der Waals surface area contributed by atoms with Crippen molar-refractivity contribution in [1.82, 2.24) is 4.90 Å². The molecule has 2 N–H and O–H groups in total. The van der Waals surface area contributed by atoms with Gasteiger partial charge in [-0.15, -0.1) is 0 Å². The Hall–Kier alpha value is -2.76. The standard InChI is InChI=1S/C16H17NO5/c1-9-4-5-12(14(18)6-9)15(19)17(3)8-11-7-13(16(20)21)10(2)22-11/h4-7,18H,8H2,1-3H3,(H,20,21). The number of amides is 1. The predicted molar refractivity (Wildman–Crippen MR) is 79.0 cm³/mol. The molecule has 0 radical (unpaired) electrons. The molecule has 1 aromatic carbocycles. The van der Waals surface area contributed by atoms with Crippen LogP contribution in [0.3, 0.4) is 0 Å².